The molecule has 32 heavy (non-hydrogen) atoms. The van der Waals surface area contributed by atoms with E-state index in [1.807, 2.05) is 45.3 Å². The molecule has 0 N–H and O–H groups in total. The van der Waals surface area contributed by atoms with Crippen molar-refractivity contribution in [2.45, 2.75) is 0 Å². The summed E-state index contributed by atoms with van der Waals surface area (Å²) in [6.45, 7) is 0. The topological polar surface area (TPSA) is 0 Å². The van der Waals surface area contributed by atoms with Gasteiger partial charge < -0.3 is 0 Å². The Morgan fingerprint density at radius 1 is 0.469 bits per heavy atom. The van der Waals surface area contributed by atoms with Gasteiger partial charge in [0.05, 0.1) is 9.75 Å². The maximum Gasteiger partial charge on any atom is 0.0597 e. The van der Waals surface area contributed by atoms with E-state index in [-0.39, 0.29) is 0 Å². The molecule has 0 aliphatic heterocycles. The maximum absolute atomic E-state index is 3.85. The lowest BCUT2D eigenvalue weighted by molar-refractivity contribution is 1.83. The molecule has 6 heteroatoms. The monoisotopic (exact) mass is 610 g/mol. The van der Waals surface area contributed by atoms with Crippen LogP contribution in [0.5, 0.6) is 0 Å². The van der Waals surface area contributed by atoms with Gasteiger partial charge in [-0.05, 0) is 79.0 Å². The Bertz CT molecular complexity index is 1630. The summed E-state index contributed by atoms with van der Waals surface area (Å²) in [5, 5.41) is 5.24. The van der Waals surface area contributed by atoms with E-state index in [4.69, 9.17) is 0 Å². The van der Waals surface area contributed by atoms with Crippen LogP contribution in [0.4, 0.5) is 0 Å². The van der Waals surface area contributed by atoms with Crippen molar-refractivity contribution in [2.75, 3.05) is 0 Å². The fraction of sp³-hybridized carbons (Fsp3) is 0. The van der Waals surface area contributed by atoms with E-state index >= 15 is 0 Å². The molecule has 0 aliphatic carbocycles. The van der Waals surface area contributed by atoms with Gasteiger partial charge in [0.1, 0.15) is 0 Å². The molecule has 0 saturated heterocycles. The van der Waals surface area contributed by atoms with Crippen LogP contribution in [0.15, 0.2) is 81.7 Å². The van der Waals surface area contributed by atoms with Crippen LogP contribution in [0.2, 0.25) is 0 Å². The number of halogens is 2. The van der Waals surface area contributed by atoms with Crippen molar-refractivity contribution in [3.8, 4) is 19.5 Å². The summed E-state index contributed by atoms with van der Waals surface area (Å²) >= 11 is 15.2. The summed E-state index contributed by atoms with van der Waals surface area (Å²) in [6.07, 6.45) is 0. The molecule has 0 spiro atoms. The highest BCUT2D eigenvalue weighted by Crippen LogP contribution is 2.49. The fourth-order valence-corrected chi connectivity index (χ4v) is 10.9. The zero-order valence-electron chi connectivity index (χ0n) is 16.3. The third kappa shape index (κ3) is 3.01. The quantitative estimate of drug-likeness (QED) is 0.182. The largest absolute Gasteiger partial charge is 0.134 e. The van der Waals surface area contributed by atoms with Crippen LogP contribution < -0.4 is 0 Å². The highest BCUT2D eigenvalue weighted by molar-refractivity contribution is 9.11. The third-order valence-electron chi connectivity index (χ3n) is 5.67. The van der Waals surface area contributed by atoms with Crippen molar-refractivity contribution < 1.29 is 0 Å². The van der Waals surface area contributed by atoms with Gasteiger partial charge in [0, 0.05) is 48.3 Å². The van der Waals surface area contributed by atoms with Crippen molar-refractivity contribution in [2.24, 2.45) is 0 Å². The van der Waals surface area contributed by atoms with Crippen LogP contribution in [-0.2, 0) is 0 Å². The third-order valence-corrected chi connectivity index (χ3v) is 12.7. The SMILES string of the molecule is Brc1c(-c2cc3cc4sc(-c5sc6ccccc6c5Br)cc4cc3s2)sc2ccccc12. The lowest BCUT2D eigenvalue weighted by atomic mass is 10.2. The Morgan fingerprint density at radius 3 is 1.34 bits per heavy atom. The summed E-state index contributed by atoms with van der Waals surface area (Å²) in [5.41, 5.74) is 0. The Morgan fingerprint density at radius 2 is 0.906 bits per heavy atom. The summed E-state index contributed by atoms with van der Waals surface area (Å²) < 4.78 is 7.76. The molecular weight excluding hydrogens is 600 g/mol. The Balaban J connectivity index is 1.37. The van der Waals surface area contributed by atoms with E-state index in [0.29, 0.717) is 0 Å². The van der Waals surface area contributed by atoms with Crippen molar-refractivity contribution >= 4 is 118 Å². The number of hydrogen-bond donors (Lipinski definition) is 0. The Kier molecular flexibility index (Phi) is 4.65. The molecule has 7 aromatic rings. The molecule has 0 atom stereocenters. The van der Waals surface area contributed by atoms with E-state index in [2.05, 4.69) is 105 Å². The van der Waals surface area contributed by atoms with Gasteiger partial charge in [-0.1, -0.05) is 36.4 Å². The van der Waals surface area contributed by atoms with Crippen LogP contribution in [0.25, 0.3) is 59.9 Å². The standard InChI is InChI=1S/C26H12Br2S4/c27-23-15-5-1-3-7-17(15)31-25(23)21-11-13-9-20-14(10-19(13)29-21)12-22(30-20)26-24(28)16-6-2-4-8-18(16)32-26/h1-12H. The van der Waals surface area contributed by atoms with Crippen molar-refractivity contribution in [3.05, 3.63) is 81.7 Å². The van der Waals surface area contributed by atoms with E-state index < -0.39 is 0 Å². The van der Waals surface area contributed by atoms with Crippen molar-refractivity contribution in [1.82, 2.24) is 0 Å². The predicted molar refractivity (Wildman–Crippen MR) is 154 cm³/mol. The lowest BCUT2D eigenvalue weighted by Crippen LogP contribution is -1.65. The zero-order valence-corrected chi connectivity index (χ0v) is 22.8. The number of hydrogen-bond acceptors (Lipinski definition) is 4. The first kappa shape index (κ1) is 19.9. The van der Waals surface area contributed by atoms with Gasteiger partial charge in [0.25, 0.3) is 0 Å². The van der Waals surface area contributed by atoms with E-state index in [0.717, 1.165) is 0 Å². The van der Waals surface area contributed by atoms with Gasteiger partial charge in [0.2, 0.25) is 0 Å². The van der Waals surface area contributed by atoms with Crippen LogP contribution in [-0.4, -0.2) is 0 Å². The molecule has 0 amide bonds. The number of benzene rings is 3. The van der Waals surface area contributed by atoms with Gasteiger partial charge in [-0.25, -0.2) is 0 Å². The highest BCUT2D eigenvalue weighted by atomic mass is 79.9. The summed E-state index contributed by atoms with van der Waals surface area (Å²) in [4.78, 5) is 5.31. The number of fused-ring (bicyclic) bond motifs is 4. The average molecular weight is 612 g/mol. The molecule has 0 aliphatic rings. The molecule has 0 radical (unpaired) electrons. The molecule has 0 unspecified atom stereocenters. The van der Waals surface area contributed by atoms with Gasteiger partial charge in [-0.3, -0.25) is 0 Å². The normalized spacial score (nSPS) is 12.1. The summed E-state index contributed by atoms with van der Waals surface area (Å²) in [6, 6.07) is 26.6. The highest BCUT2D eigenvalue weighted by Gasteiger charge is 2.17. The van der Waals surface area contributed by atoms with E-state index in [1.54, 1.807) is 0 Å². The molecule has 4 heterocycles. The molecule has 0 fully saturated rings. The average Bonchev–Trinajstić information content (AvgIpc) is 3.56. The van der Waals surface area contributed by atoms with Gasteiger partial charge >= 0.3 is 0 Å². The second-order valence-corrected chi connectivity index (χ2v) is 13.5. The zero-order chi connectivity index (χ0) is 21.4. The minimum absolute atomic E-state index is 1.21. The molecule has 7 rings (SSSR count). The van der Waals surface area contributed by atoms with Crippen molar-refractivity contribution in [3.63, 3.8) is 0 Å². The smallest absolute Gasteiger partial charge is 0.0597 e. The van der Waals surface area contributed by atoms with Gasteiger partial charge in [-0.15, -0.1) is 45.3 Å². The second-order valence-electron chi connectivity index (χ2n) is 7.63. The van der Waals surface area contributed by atoms with E-state index in [9.17, 15) is 0 Å². The van der Waals surface area contributed by atoms with Crippen LogP contribution in [0, 0.1) is 0 Å². The second kappa shape index (κ2) is 7.49. The molecule has 4 aromatic heterocycles. The molecule has 0 saturated carbocycles. The molecule has 3 aromatic carbocycles. The first-order valence-electron chi connectivity index (χ1n) is 9.98. The first-order chi connectivity index (χ1) is 15.7. The van der Waals surface area contributed by atoms with Gasteiger partial charge in [-0.2, -0.15) is 0 Å². The number of rotatable bonds is 2. The molecule has 0 bridgehead atoms. The predicted octanol–water partition coefficient (Wildman–Crippen LogP) is 11.4. The van der Waals surface area contributed by atoms with Crippen LogP contribution in [0.1, 0.15) is 0 Å². The minimum atomic E-state index is 1.21. The first-order valence-corrected chi connectivity index (χ1v) is 14.8. The molecular formula is C26H12Br2S4. The van der Waals surface area contributed by atoms with Gasteiger partial charge in [0.15, 0.2) is 0 Å². The fourth-order valence-electron chi connectivity index (χ4n) is 4.14. The maximum atomic E-state index is 3.85. The summed E-state index contributed by atoms with van der Waals surface area (Å²) in [5.74, 6) is 0. The van der Waals surface area contributed by atoms with Crippen LogP contribution in [0.3, 0.4) is 0 Å². The summed E-state index contributed by atoms with van der Waals surface area (Å²) in [7, 11) is 0. The van der Waals surface area contributed by atoms with Crippen molar-refractivity contribution in [1.29, 1.82) is 0 Å². The molecule has 154 valence electrons. The number of thiophene rings is 4. The van der Waals surface area contributed by atoms with Crippen LogP contribution >= 0.6 is 77.2 Å². The Hall–Kier alpha value is -1.54. The molecule has 0 nitrogen and oxygen atoms in total. The Labute approximate surface area is 217 Å². The van der Waals surface area contributed by atoms with E-state index in [1.165, 1.54) is 68.8 Å². The minimum Gasteiger partial charge on any atom is -0.134 e. The lowest BCUT2D eigenvalue weighted by Gasteiger charge is -1.92.